The Morgan fingerprint density at radius 1 is 1.29 bits per heavy atom. The van der Waals surface area contributed by atoms with E-state index in [1.54, 1.807) is 17.8 Å². The van der Waals surface area contributed by atoms with Gasteiger partial charge in [0, 0.05) is 4.90 Å². The van der Waals surface area contributed by atoms with Crippen LogP contribution in [0.2, 0.25) is 0 Å². The molecule has 0 saturated carbocycles. The van der Waals surface area contributed by atoms with Crippen LogP contribution in [0, 0.1) is 0 Å². The quantitative estimate of drug-likeness (QED) is 0.733. The molecule has 0 radical (unpaired) electrons. The van der Waals surface area contributed by atoms with Crippen molar-refractivity contribution in [1.82, 2.24) is 4.98 Å². The first-order valence-electron chi connectivity index (χ1n) is 6.12. The lowest BCUT2D eigenvalue weighted by atomic mass is 10.2. The van der Waals surface area contributed by atoms with Crippen molar-refractivity contribution in [2.24, 2.45) is 0 Å². The summed E-state index contributed by atoms with van der Waals surface area (Å²) in [6.45, 7) is 0. The van der Waals surface area contributed by atoms with Gasteiger partial charge in [-0.15, -0.1) is 11.8 Å². The van der Waals surface area contributed by atoms with Gasteiger partial charge in [0.2, 0.25) is 0 Å². The zero-order chi connectivity index (χ0) is 14.8. The highest BCUT2D eigenvalue weighted by atomic mass is 32.2. The minimum atomic E-state index is -1.01. The van der Waals surface area contributed by atoms with Gasteiger partial charge in [-0.2, -0.15) is 4.98 Å². The molecule has 2 aromatic carbocycles. The third-order valence-corrected chi connectivity index (χ3v) is 3.66. The average Bonchev–Trinajstić information content (AvgIpc) is 2.89. The molecule has 0 fully saturated rings. The summed E-state index contributed by atoms with van der Waals surface area (Å²) in [5, 5.41) is 8.96. The van der Waals surface area contributed by atoms with Crippen molar-refractivity contribution in [3.8, 4) is 11.8 Å². The van der Waals surface area contributed by atoms with E-state index >= 15 is 0 Å². The van der Waals surface area contributed by atoms with Crippen molar-refractivity contribution in [1.29, 1.82) is 0 Å². The molecule has 1 heterocycles. The number of para-hydroxylation sites is 1. The zero-order valence-electron chi connectivity index (χ0n) is 11.1. The van der Waals surface area contributed by atoms with Crippen molar-refractivity contribution < 1.29 is 19.1 Å². The number of carboxylic acid groups (broad SMARTS) is 1. The van der Waals surface area contributed by atoms with Gasteiger partial charge < -0.3 is 14.3 Å². The van der Waals surface area contributed by atoms with Gasteiger partial charge in [-0.1, -0.05) is 12.1 Å². The van der Waals surface area contributed by atoms with E-state index in [9.17, 15) is 4.79 Å². The summed E-state index contributed by atoms with van der Waals surface area (Å²) < 4.78 is 11.1. The lowest BCUT2D eigenvalue weighted by Gasteiger charge is -2.04. The second-order valence-electron chi connectivity index (χ2n) is 4.22. The summed E-state index contributed by atoms with van der Waals surface area (Å²) in [6, 6.07) is 12.0. The molecule has 6 heteroatoms. The summed E-state index contributed by atoms with van der Waals surface area (Å²) in [4.78, 5) is 16.1. The smallest absolute Gasteiger partial charge is 0.400 e. The predicted octanol–water partition coefficient (Wildman–Crippen LogP) is 4.04. The number of nitrogens with zero attached hydrogens (tertiary/aromatic N) is 1. The summed E-state index contributed by atoms with van der Waals surface area (Å²) >= 11 is 1.56. The zero-order valence-corrected chi connectivity index (χ0v) is 11.9. The second-order valence-corrected chi connectivity index (χ2v) is 5.07. The highest BCUT2D eigenvalue weighted by Gasteiger charge is 2.12. The van der Waals surface area contributed by atoms with Gasteiger partial charge in [0.1, 0.15) is 11.3 Å². The van der Waals surface area contributed by atoms with Crippen molar-refractivity contribution in [2.45, 2.75) is 4.90 Å². The molecule has 0 atom stereocenters. The number of carboxylic acids is 1. The molecule has 0 bridgehead atoms. The van der Waals surface area contributed by atoms with E-state index in [1.165, 1.54) is 12.1 Å². The molecule has 0 saturated heterocycles. The van der Waals surface area contributed by atoms with E-state index in [0.717, 1.165) is 4.90 Å². The van der Waals surface area contributed by atoms with Gasteiger partial charge in [0.15, 0.2) is 5.58 Å². The molecular formula is C15H11NO4S. The third-order valence-electron chi connectivity index (χ3n) is 2.88. The Balaban J connectivity index is 1.96. The number of carbonyl (C=O) groups is 1. The van der Waals surface area contributed by atoms with Gasteiger partial charge >= 0.3 is 12.0 Å². The Kier molecular flexibility index (Phi) is 3.53. The first-order chi connectivity index (χ1) is 10.2. The largest absolute Gasteiger partial charge is 0.478 e. The molecule has 0 amide bonds. The van der Waals surface area contributed by atoms with Crippen LogP contribution in [0.5, 0.6) is 11.8 Å². The van der Waals surface area contributed by atoms with Crippen molar-refractivity contribution in [2.75, 3.05) is 6.26 Å². The van der Waals surface area contributed by atoms with Crippen LogP contribution >= 0.6 is 11.8 Å². The SMILES string of the molecule is CSc1ccccc1Oc1nc2ccc(C(=O)O)cc2o1. The molecule has 3 rings (SSSR count). The van der Waals surface area contributed by atoms with E-state index in [4.69, 9.17) is 14.3 Å². The van der Waals surface area contributed by atoms with Gasteiger partial charge in [-0.3, -0.25) is 0 Å². The standard InChI is InChI=1S/C15H11NO4S/c1-21-13-5-3-2-4-11(13)19-15-16-10-7-6-9(14(17)18)8-12(10)20-15/h2-8H,1H3,(H,17,18). The number of aromatic nitrogens is 1. The molecule has 0 aliphatic heterocycles. The number of thioether (sulfide) groups is 1. The lowest BCUT2D eigenvalue weighted by Crippen LogP contribution is -1.94. The summed E-state index contributed by atoms with van der Waals surface area (Å²) in [6.07, 6.45) is 2.04. The molecule has 3 aromatic rings. The van der Waals surface area contributed by atoms with E-state index in [-0.39, 0.29) is 11.6 Å². The van der Waals surface area contributed by atoms with Crippen molar-refractivity contribution in [3.05, 3.63) is 48.0 Å². The van der Waals surface area contributed by atoms with Gasteiger partial charge in [0.05, 0.1) is 5.56 Å². The summed E-state index contributed by atoms with van der Waals surface area (Å²) in [5.74, 6) is -0.362. The summed E-state index contributed by atoms with van der Waals surface area (Å²) in [7, 11) is 0. The molecular weight excluding hydrogens is 290 g/mol. The Morgan fingerprint density at radius 2 is 2.10 bits per heavy atom. The van der Waals surface area contributed by atoms with Crippen LogP contribution in [-0.2, 0) is 0 Å². The number of hydrogen-bond acceptors (Lipinski definition) is 5. The van der Waals surface area contributed by atoms with Gasteiger partial charge in [0.25, 0.3) is 0 Å². The number of hydrogen-bond donors (Lipinski definition) is 1. The fourth-order valence-electron chi connectivity index (χ4n) is 1.88. The maximum atomic E-state index is 10.9. The van der Waals surface area contributed by atoms with Crippen LogP contribution in [-0.4, -0.2) is 22.3 Å². The third kappa shape index (κ3) is 2.71. The first kappa shape index (κ1) is 13.5. The highest BCUT2D eigenvalue weighted by molar-refractivity contribution is 7.98. The van der Waals surface area contributed by atoms with Gasteiger partial charge in [-0.25, -0.2) is 4.79 Å². The van der Waals surface area contributed by atoms with Crippen molar-refractivity contribution >= 4 is 28.8 Å². The lowest BCUT2D eigenvalue weighted by molar-refractivity contribution is 0.0697. The Bertz CT molecular complexity index is 812. The maximum Gasteiger partial charge on any atom is 0.400 e. The fraction of sp³-hybridized carbons (Fsp3) is 0.0667. The van der Waals surface area contributed by atoms with Crippen LogP contribution in [0.15, 0.2) is 51.8 Å². The normalized spacial score (nSPS) is 10.7. The Morgan fingerprint density at radius 3 is 2.86 bits per heavy atom. The van der Waals surface area contributed by atoms with E-state index < -0.39 is 5.97 Å². The molecule has 5 nitrogen and oxygen atoms in total. The number of aromatic carboxylic acids is 1. The molecule has 0 aliphatic carbocycles. The molecule has 1 N–H and O–H groups in total. The highest BCUT2D eigenvalue weighted by Crippen LogP contribution is 2.32. The monoisotopic (exact) mass is 301 g/mol. The van der Waals surface area contributed by atoms with E-state index in [0.29, 0.717) is 16.8 Å². The molecule has 0 spiro atoms. The number of fused-ring (bicyclic) bond motifs is 1. The van der Waals surface area contributed by atoms with Gasteiger partial charge in [-0.05, 0) is 36.6 Å². The van der Waals surface area contributed by atoms with Crippen LogP contribution in [0.3, 0.4) is 0 Å². The number of rotatable bonds is 4. The minimum absolute atomic E-state index is 0.0917. The first-order valence-corrected chi connectivity index (χ1v) is 7.34. The van der Waals surface area contributed by atoms with Crippen LogP contribution in [0.4, 0.5) is 0 Å². The summed E-state index contributed by atoms with van der Waals surface area (Å²) in [5.41, 5.74) is 1.08. The number of ether oxygens (including phenoxy) is 1. The average molecular weight is 301 g/mol. The van der Waals surface area contributed by atoms with E-state index in [1.807, 2.05) is 30.5 Å². The Hall–Kier alpha value is -2.47. The molecule has 0 unspecified atom stereocenters. The molecule has 0 aliphatic rings. The Labute approximate surface area is 124 Å². The maximum absolute atomic E-state index is 10.9. The fourth-order valence-corrected chi connectivity index (χ4v) is 2.40. The molecule has 106 valence electrons. The molecule has 21 heavy (non-hydrogen) atoms. The predicted molar refractivity (Wildman–Crippen MR) is 79.3 cm³/mol. The number of oxazole rings is 1. The molecule has 1 aromatic heterocycles. The number of benzene rings is 2. The topological polar surface area (TPSA) is 72.6 Å². The van der Waals surface area contributed by atoms with Crippen LogP contribution in [0.25, 0.3) is 11.1 Å². The van der Waals surface area contributed by atoms with Crippen LogP contribution < -0.4 is 4.74 Å². The minimum Gasteiger partial charge on any atom is -0.478 e. The van der Waals surface area contributed by atoms with Crippen molar-refractivity contribution in [3.63, 3.8) is 0 Å². The second kappa shape index (κ2) is 5.49. The van der Waals surface area contributed by atoms with E-state index in [2.05, 4.69) is 4.98 Å². The van der Waals surface area contributed by atoms with Crippen LogP contribution in [0.1, 0.15) is 10.4 Å².